The van der Waals surface area contributed by atoms with Crippen molar-refractivity contribution in [2.75, 3.05) is 0 Å². The number of carbonyl (C=O) groups is 1. The van der Waals surface area contributed by atoms with Crippen LogP contribution in [0.3, 0.4) is 0 Å². The maximum Gasteiger partial charge on any atom is 0.332 e. The molecular weight excluding hydrogens is 158 g/mol. The molecule has 0 spiro atoms. The Labute approximate surface area is 62.0 Å². The van der Waals surface area contributed by atoms with Crippen LogP contribution in [0.15, 0.2) is 0 Å². The fourth-order valence-corrected chi connectivity index (χ4v) is 1.03. The van der Waals surface area contributed by atoms with E-state index in [2.05, 4.69) is 4.74 Å². The van der Waals surface area contributed by atoms with E-state index in [0.29, 0.717) is 0 Å². The molecule has 0 aliphatic carbocycles. The standard InChI is InChI=1S/C6H8F2O3/c7-5(8)3-1-2-4(11-3)6(9)10/h3-5H,1-2H2,(H,9,10)/t3-,4+/m1/s1. The Balaban J connectivity index is 2.41. The highest BCUT2D eigenvalue weighted by Gasteiger charge is 2.35. The first-order valence-corrected chi connectivity index (χ1v) is 3.27. The first-order chi connectivity index (χ1) is 5.11. The van der Waals surface area contributed by atoms with Crippen molar-refractivity contribution in [2.45, 2.75) is 31.5 Å². The number of ether oxygens (including phenoxy) is 1. The third-order valence-electron chi connectivity index (χ3n) is 1.61. The van der Waals surface area contributed by atoms with Gasteiger partial charge in [0.2, 0.25) is 0 Å². The Bertz CT molecular complexity index is 160. The summed E-state index contributed by atoms with van der Waals surface area (Å²) in [7, 11) is 0. The molecule has 1 saturated heterocycles. The zero-order valence-corrected chi connectivity index (χ0v) is 5.67. The molecule has 0 unspecified atom stereocenters. The zero-order chi connectivity index (χ0) is 8.43. The number of halogens is 2. The van der Waals surface area contributed by atoms with E-state index in [1.54, 1.807) is 0 Å². The lowest BCUT2D eigenvalue weighted by Crippen LogP contribution is -2.23. The molecule has 0 amide bonds. The fourth-order valence-electron chi connectivity index (χ4n) is 1.03. The van der Waals surface area contributed by atoms with Crippen LogP contribution >= 0.6 is 0 Å². The summed E-state index contributed by atoms with van der Waals surface area (Å²) in [4.78, 5) is 10.2. The highest BCUT2D eigenvalue weighted by molar-refractivity contribution is 5.72. The molecule has 11 heavy (non-hydrogen) atoms. The number of carboxylic acid groups (broad SMARTS) is 1. The van der Waals surface area contributed by atoms with Gasteiger partial charge in [-0.3, -0.25) is 0 Å². The average Bonchev–Trinajstić information content (AvgIpc) is 2.33. The van der Waals surface area contributed by atoms with Crippen LogP contribution in [-0.4, -0.2) is 29.7 Å². The summed E-state index contributed by atoms with van der Waals surface area (Å²) in [5, 5.41) is 8.34. The summed E-state index contributed by atoms with van der Waals surface area (Å²) in [5.41, 5.74) is 0. The Kier molecular flexibility index (Phi) is 2.38. The van der Waals surface area contributed by atoms with E-state index >= 15 is 0 Å². The predicted octanol–water partition coefficient (Wildman–Crippen LogP) is 0.884. The minimum absolute atomic E-state index is 0.134. The number of hydrogen-bond donors (Lipinski definition) is 1. The number of aliphatic carboxylic acids is 1. The lowest BCUT2D eigenvalue weighted by Gasteiger charge is -2.08. The number of rotatable bonds is 2. The second-order valence-electron chi connectivity index (χ2n) is 2.41. The molecule has 1 aliphatic heterocycles. The molecular formula is C6H8F2O3. The molecule has 0 aromatic heterocycles. The highest BCUT2D eigenvalue weighted by Crippen LogP contribution is 2.24. The van der Waals surface area contributed by atoms with Crippen LogP contribution in [0.25, 0.3) is 0 Å². The van der Waals surface area contributed by atoms with Gasteiger partial charge in [0.05, 0.1) is 0 Å². The van der Waals surface area contributed by atoms with Crippen LogP contribution in [0.2, 0.25) is 0 Å². The predicted molar refractivity (Wildman–Crippen MR) is 31.5 cm³/mol. The van der Waals surface area contributed by atoms with E-state index in [9.17, 15) is 13.6 Å². The minimum atomic E-state index is -2.57. The maximum absolute atomic E-state index is 11.9. The molecule has 3 nitrogen and oxygen atoms in total. The van der Waals surface area contributed by atoms with Gasteiger partial charge in [0.15, 0.2) is 6.10 Å². The van der Waals surface area contributed by atoms with Gasteiger partial charge in [-0.15, -0.1) is 0 Å². The molecule has 0 saturated carbocycles. The van der Waals surface area contributed by atoms with Gasteiger partial charge >= 0.3 is 5.97 Å². The van der Waals surface area contributed by atoms with Crippen molar-refractivity contribution >= 4 is 5.97 Å². The Hall–Kier alpha value is -0.710. The molecule has 0 aromatic rings. The number of hydrogen-bond acceptors (Lipinski definition) is 2. The molecule has 0 aromatic carbocycles. The molecule has 1 fully saturated rings. The van der Waals surface area contributed by atoms with E-state index in [-0.39, 0.29) is 12.8 Å². The lowest BCUT2D eigenvalue weighted by molar-refractivity contribution is -0.152. The first-order valence-electron chi connectivity index (χ1n) is 3.27. The van der Waals surface area contributed by atoms with Crippen LogP contribution in [0.5, 0.6) is 0 Å². The largest absolute Gasteiger partial charge is 0.479 e. The SMILES string of the molecule is O=C(O)[C@@H]1CC[C@H](C(F)F)O1. The van der Waals surface area contributed by atoms with Gasteiger partial charge in [-0.05, 0) is 12.8 Å². The third-order valence-corrected chi connectivity index (χ3v) is 1.61. The van der Waals surface area contributed by atoms with Gasteiger partial charge in [-0.25, -0.2) is 13.6 Å². The summed E-state index contributed by atoms with van der Waals surface area (Å²) in [6.45, 7) is 0. The summed E-state index contributed by atoms with van der Waals surface area (Å²) >= 11 is 0. The van der Waals surface area contributed by atoms with E-state index in [1.165, 1.54) is 0 Å². The zero-order valence-electron chi connectivity index (χ0n) is 5.67. The van der Waals surface area contributed by atoms with Gasteiger partial charge in [0, 0.05) is 0 Å². The topological polar surface area (TPSA) is 46.5 Å². The van der Waals surface area contributed by atoms with E-state index in [1.807, 2.05) is 0 Å². The quantitative estimate of drug-likeness (QED) is 0.662. The van der Waals surface area contributed by atoms with E-state index in [4.69, 9.17) is 5.11 Å². The second-order valence-corrected chi connectivity index (χ2v) is 2.41. The van der Waals surface area contributed by atoms with Crippen molar-refractivity contribution in [1.29, 1.82) is 0 Å². The van der Waals surface area contributed by atoms with Gasteiger partial charge in [0.1, 0.15) is 6.10 Å². The molecule has 1 N–H and O–H groups in total. The minimum Gasteiger partial charge on any atom is -0.479 e. The van der Waals surface area contributed by atoms with Crippen LogP contribution < -0.4 is 0 Å². The summed E-state index contributed by atoms with van der Waals surface area (Å²) in [5.74, 6) is -1.16. The van der Waals surface area contributed by atoms with Crippen molar-refractivity contribution in [3.8, 4) is 0 Å². The normalized spacial score (nSPS) is 31.2. The van der Waals surface area contributed by atoms with E-state index in [0.717, 1.165) is 0 Å². The summed E-state index contributed by atoms with van der Waals surface area (Å²) in [6, 6.07) is 0. The summed E-state index contributed by atoms with van der Waals surface area (Å²) in [6.07, 6.45) is -4.47. The molecule has 1 heterocycles. The van der Waals surface area contributed by atoms with Crippen LogP contribution in [0.1, 0.15) is 12.8 Å². The molecule has 2 atom stereocenters. The van der Waals surface area contributed by atoms with Crippen LogP contribution in [0.4, 0.5) is 8.78 Å². The van der Waals surface area contributed by atoms with E-state index < -0.39 is 24.6 Å². The molecule has 1 rings (SSSR count). The summed E-state index contributed by atoms with van der Waals surface area (Å²) < 4.78 is 28.3. The van der Waals surface area contributed by atoms with Crippen molar-refractivity contribution < 1.29 is 23.4 Å². The molecule has 64 valence electrons. The van der Waals surface area contributed by atoms with Gasteiger partial charge in [-0.1, -0.05) is 0 Å². The molecule has 0 radical (unpaired) electrons. The van der Waals surface area contributed by atoms with Gasteiger partial charge in [0.25, 0.3) is 6.43 Å². The van der Waals surface area contributed by atoms with Crippen LogP contribution in [-0.2, 0) is 9.53 Å². The van der Waals surface area contributed by atoms with Crippen molar-refractivity contribution in [2.24, 2.45) is 0 Å². The monoisotopic (exact) mass is 166 g/mol. The fraction of sp³-hybridized carbons (Fsp3) is 0.833. The van der Waals surface area contributed by atoms with Crippen LogP contribution in [0, 0.1) is 0 Å². The highest BCUT2D eigenvalue weighted by atomic mass is 19.3. The smallest absolute Gasteiger partial charge is 0.332 e. The third kappa shape index (κ3) is 1.86. The van der Waals surface area contributed by atoms with Crippen molar-refractivity contribution in [1.82, 2.24) is 0 Å². The Morgan fingerprint density at radius 3 is 2.45 bits per heavy atom. The first kappa shape index (κ1) is 8.39. The maximum atomic E-state index is 11.9. The second kappa shape index (κ2) is 3.13. The Morgan fingerprint density at radius 1 is 1.55 bits per heavy atom. The lowest BCUT2D eigenvalue weighted by atomic mass is 10.2. The van der Waals surface area contributed by atoms with Gasteiger partial charge in [-0.2, -0.15) is 0 Å². The molecule has 5 heteroatoms. The number of alkyl halides is 2. The average molecular weight is 166 g/mol. The number of carboxylic acids is 1. The molecule has 0 bridgehead atoms. The van der Waals surface area contributed by atoms with Crippen molar-refractivity contribution in [3.63, 3.8) is 0 Å². The molecule has 1 aliphatic rings. The Morgan fingerprint density at radius 2 is 2.18 bits per heavy atom. The van der Waals surface area contributed by atoms with Gasteiger partial charge < -0.3 is 9.84 Å². The van der Waals surface area contributed by atoms with Crippen molar-refractivity contribution in [3.05, 3.63) is 0 Å².